The van der Waals surface area contributed by atoms with Gasteiger partial charge in [-0.1, -0.05) is 37.5 Å². The fourth-order valence-corrected chi connectivity index (χ4v) is 4.57. The molecule has 4 rings (SSSR count). The molecule has 2 aromatic rings. The van der Waals surface area contributed by atoms with Crippen LogP contribution < -0.4 is 4.90 Å². The van der Waals surface area contributed by atoms with Gasteiger partial charge in [0, 0.05) is 11.3 Å². The van der Waals surface area contributed by atoms with Gasteiger partial charge < -0.3 is 9.32 Å². The van der Waals surface area contributed by atoms with Gasteiger partial charge in [-0.15, -0.1) is 0 Å². The standard InChI is InChI=1S/C19H23NO/c1-14-8-4-5-9-17(14)20-15(2)18-16(10-13-21-18)19(20)11-6-3-7-12-19/h4-5,8-10,13,15H,3,6-7,11-12H2,1-2H3. The molecular formula is C19H23NO. The Hall–Kier alpha value is -1.70. The molecule has 1 spiro atoms. The zero-order valence-corrected chi connectivity index (χ0v) is 12.9. The van der Waals surface area contributed by atoms with E-state index in [-0.39, 0.29) is 5.54 Å². The van der Waals surface area contributed by atoms with Crippen molar-refractivity contribution in [1.29, 1.82) is 0 Å². The number of nitrogens with zero attached hydrogens (tertiary/aromatic N) is 1. The molecule has 0 bridgehead atoms. The molecule has 0 amide bonds. The topological polar surface area (TPSA) is 16.4 Å². The van der Waals surface area contributed by atoms with Gasteiger partial charge in [-0.25, -0.2) is 0 Å². The number of benzene rings is 1. The van der Waals surface area contributed by atoms with Crippen molar-refractivity contribution in [2.45, 2.75) is 57.5 Å². The lowest BCUT2D eigenvalue weighted by Gasteiger charge is -2.45. The van der Waals surface area contributed by atoms with Gasteiger partial charge in [-0.2, -0.15) is 0 Å². The Balaban J connectivity index is 1.89. The number of rotatable bonds is 1. The summed E-state index contributed by atoms with van der Waals surface area (Å²) in [5.41, 5.74) is 4.34. The minimum absolute atomic E-state index is 0.159. The van der Waals surface area contributed by atoms with Crippen molar-refractivity contribution in [3.8, 4) is 0 Å². The van der Waals surface area contributed by atoms with E-state index in [0.717, 1.165) is 0 Å². The Labute approximate surface area is 126 Å². The van der Waals surface area contributed by atoms with Crippen LogP contribution in [0.2, 0.25) is 0 Å². The first-order chi connectivity index (χ1) is 10.2. The molecule has 1 atom stereocenters. The fourth-order valence-electron chi connectivity index (χ4n) is 4.57. The highest BCUT2D eigenvalue weighted by Crippen LogP contribution is 2.55. The molecule has 110 valence electrons. The molecular weight excluding hydrogens is 258 g/mol. The maximum atomic E-state index is 5.87. The highest BCUT2D eigenvalue weighted by molar-refractivity contribution is 5.62. The lowest BCUT2D eigenvalue weighted by molar-refractivity contribution is 0.282. The largest absolute Gasteiger partial charge is 0.467 e. The van der Waals surface area contributed by atoms with Gasteiger partial charge in [0.25, 0.3) is 0 Å². The molecule has 0 saturated heterocycles. The Morgan fingerprint density at radius 1 is 1.10 bits per heavy atom. The molecule has 1 aliphatic carbocycles. The molecule has 2 nitrogen and oxygen atoms in total. The zero-order valence-electron chi connectivity index (χ0n) is 12.9. The molecule has 0 N–H and O–H groups in total. The van der Waals surface area contributed by atoms with Gasteiger partial charge in [0.15, 0.2) is 0 Å². The minimum Gasteiger partial charge on any atom is -0.467 e. The second-order valence-electron chi connectivity index (χ2n) is 6.62. The van der Waals surface area contributed by atoms with Crippen LogP contribution in [0.25, 0.3) is 0 Å². The van der Waals surface area contributed by atoms with Crippen LogP contribution in [0.5, 0.6) is 0 Å². The maximum Gasteiger partial charge on any atom is 0.131 e. The summed E-state index contributed by atoms with van der Waals surface area (Å²) in [5.74, 6) is 1.18. The summed E-state index contributed by atoms with van der Waals surface area (Å²) in [7, 11) is 0. The molecule has 0 radical (unpaired) electrons. The number of anilines is 1. The third-order valence-corrected chi connectivity index (χ3v) is 5.48. The van der Waals surface area contributed by atoms with Crippen molar-refractivity contribution in [3.63, 3.8) is 0 Å². The second-order valence-corrected chi connectivity index (χ2v) is 6.62. The molecule has 1 unspecified atom stereocenters. The number of furan rings is 1. The van der Waals surface area contributed by atoms with Crippen LogP contribution in [0.15, 0.2) is 41.0 Å². The summed E-state index contributed by atoms with van der Waals surface area (Å²) in [5, 5.41) is 0. The van der Waals surface area contributed by atoms with Crippen molar-refractivity contribution in [2.24, 2.45) is 0 Å². The number of hydrogen-bond donors (Lipinski definition) is 0. The van der Waals surface area contributed by atoms with E-state index in [1.54, 1.807) is 0 Å². The fraction of sp³-hybridized carbons (Fsp3) is 0.474. The summed E-state index contributed by atoms with van der Waals surface area (Å²) in [4.78, 5) is 2.65. The average molecular weight is 281 g/mol. The van der Waals surface area contributed by atoms with E-state index in [4.69, 9.17) is 4.42 Å². The molecule has 21 heavy (non-hydrogen) atoms. The van der Waals surface area contributed by atoms with Crippen LogP contribution in [0.1, 0.15) is 62.0 Å². The van der Waals surface area contributed by atoms with Crippen LogP contribution >= 0.6 is 0 Å². The molecule has 2 aliphatic rings. The van der Waals surface area contributed by atoms with E-state index in [2.05, 4.69) is 49.1 Å². The van der Waals surface area contributed by atoms with Crippen LogP contribution in [0.3, 0.4) is 0 Å². The van der Waals surface area contributed by atoms with Gasteiger partial charge in [-0.05, 0) is 44.4 Å². The summed E-state index contributed by atoms with van der Waals surface area (Å²) in [6, 6.07) is 11.3. The predicted molar refractivity (Wildman–Crippen MR) is 85.5 cm³/mol. The normalized spacial score (nSPS) is 23.5. The molecule has 2 heteroatoms. The molecule has 1 aromatic carbocycles. The second kappa shape index (κ2) is 4.66. The zero-order chi connectivity index (χ0) is 14.4. The molecule has 1 fully saturated rings. The van der Waals surface area contributed by atoms with Crippen molar-refractivity contribution in [2.75, 3.05) is 4.90 Å². The van der Waals surface area contributed by atoms with Gasteiger partial charge >= 0.3 is 0 Å². The Bertz CT molecular complexity index is 651. The highest BCUT2D eigenvalue weighted by atomic mass is 16.3. The first-order valence-corrected chi connectivity index (χ1v) is 8.17. The van der Waals surface area contributed by atoms with Crippen LogP contribution in [0.4, 0.5) is 5.69 Å². The van der Waals surface area contributed by atoms with E-state index < -0.39 is 0 Å². The lowest BCUT2D eigenvalue weighted by Crippen LogP contribution is -2.44. The maximum absolute atomic E-state index is 5.87. The van der Waals surface area contributed by atoms with Gasteiger partial charge in [0.1, 0.15) is 5.76 Å². The summed E-state index contributed by atoms with van der Waals surface area (Å²) < 4.78 is 5.87. The summed E-state index contributed by atoms with van der Waals surface area (Å²) in [6.45, 7) is 4.51. The van der Waals surface area contributed by atoms with Crippen molar-refractivity contribution < 1.29 is 4.42 Å². The van der Waals surface area contributed by atoms with Gasteiger partial charge in [-0.3, -0.25) is 0 Å². The highest BCUT2D eigenvalue weighted by Gasteiger charge is 2.51. The van der Waals surface area contributed by atoms with Crippen molar-refractivity contribution >= 4 is 5.69 Å². The van der Waals surface area contributed by atoms with E-state index in [1.165, 1.54) is 54.7 Å². The Morgan fingerprint density at radius 3 is 2.62 bits per heavy atom. The number of aryl methyl sites for hydroxylation is 1. The van der Waals surface area contributed by atoms with Crippen molar-refractivity contribution in [1.82, 2.24) is 0 Å². The minimum atomic E-state index is 0.159. The van der Waals surface area contributed by atoms with E-state index in [1.807, 2.05) is 6.26 Å². The molecule has 1 saturated carbocycles. The van der Waals surface area contributed by atoms with Crippen LogP contribution in [-0.4, -0.2) is 0 Å². The van der Waals surface area contributed by atoms with Gasteiger partial charge in [0.05, 0.1) is 17.8 Å². The number of fused-ring (bicyclic) bond motifs is 2. The van der Waals surface area contributed by atoms with E-state index in [0.29, 0.717) is 6.04 Å². The molecule has 1 aliphatic heterocycles. The summed E-state index contributed by atoms with van der Waals surface area (Å²) >= 11 is 0. The monoisotopic (exact) mass is 281 g/mol. The third kappa shape index (κ3) is 1.71. The number of hydrogen-bond acceptors (Lipinski definition) is 2. The lowest BCUT2D eigenvalue weighted by atomic mass is 9.77. The first kappa shape index (κ1) is 13.0. The molecule has 2 heterocycles. The Morgan fingerprint density at radius 2 is 1.86 bits per heavy atom. The first-order valence-electron chi connectivity index (χ1n) is 8.17. The number of para-hydroxylation sites is 1. The molecule has 1 aromatic heterocycles. The van der Waals surface area contributed by atoms with Crippen LogP contribution in [0, 0.1) is 6.92 Å². The Kier molecular flexibility index (Phi) is 2.88. The quantitative estimate of drug-likeness (QED) is 0.702. The predicted octanol–water partition coefficient (Wildman–Crippen LogP) is 5.33. The van der Waals surface area contributed by atoms with Gasteiger partial charge in [0.2, 0.25) is 0 Å². The van der Waals surface area contributed by atoms with E-state index >= 15 is 0 Å². The SMILES string of the molecule is Cc1ccccc1N1C(C)c2occc2C12CCCCC2. The third-order valence-electron chi connectivity index (χ3n) is 5.48. The smallest absolute Gasteiger partial charge is 0.131 e. The average Bonchev–Trinajstić information content (AvgIpc) is 3.06. The van der Waals surface area contributed by atoms with E-state index in [9.17, 15) is 0 Å². The summed E-state index contributed by atoms with van der Waals surface area (Å²) in [6.07, 6.45) is 8.38. The van der Waals surface area contributed by atoms with Crippen molar-refractivity contribution in [3.05, 3.63) is 53.5 Å². The van der Waals surface area contributed by atoms with Crippen LogP contribution in [-0.2, 0) is 5.54 Å².